The summed E-state index contributed by atoms with van der Waals surface area (Å²) in [5, 5.41) is 2.74. The molecule has 5 rings (SSSR count). The molecule has 7 nitrogen and oxygen atoms in total. The van der Waals surface area contributed by atoms with Gasteiger partial charge in [0, 0.05) is 37.6 Å². The Kier molecular flexibility index (Phi) is 6.19. The second kappa shape index (κ2) is 8.94. The number of sulfonamides is 1. The summed E-state index contributed by atoms with van der Waals surface area (Å²) in [6.07, 6.45) is 3.35. The molecule has 2 fully saturated rings. The van der Waals surface area contributed by atoms with Crippen LogP contribution in [0.5, 0.6) is 0 Å². The average molecular weight is 509 g/mol. The number of anilines is 1. The van der Waals surface area contributed by atoms with E-state index in [1.807, 2.05) is 4.90 Å². The first kappa shape index (κ1) is 22.1. The van der Waals surface area contributed by atoms with Crippen LogP contribution in [-0.4, -0.2) is 73.5 Å². The first-order valence-corrected chi connectivity index (χ1v) is 14.9. The molecule has 0 bridgehead atoms. The zero-order chi connectivity index (χ0) is 22.3. The third kappa shape index (κ3) is 3.94. The van der Waals surface area contributed by atoms with Gasteiger partial charge in [0.25, 0.3) is 10.0 Å². The molecule has 2 aliphatic rings. The summed E-state index contributed by atoms with van der Waals surface area (Å²) in [6.45, 7) is 2.95. The highest BCUT2D eigenvalue weighted by atomic mass is 32.2. The molecule has 32 heavy (non-hydrogen) atoms. The van der Waals surface area contributed by atoms with Crippen molar-refractivity contribution in [3.8, 4) is 0 Å². The van der Waals surface area contributed by atoms with Crippen LogP contribution >= 0.6 is 34.4 Å². The molecule has 0 radical (unpaired) electrons. The van der Waals surface area contributed by atoms with Crippen LogP contribution in [0, 0.1) is 0 Å². The average Bonchev–Trinajstić information content (AvgIpc) is 3.58. The van der Waals surface area contributed by atoms with Crippen molar-refractivity contribution in [1.29, 1.82) is 0 Å². The van der Waals surface area contributed by atoms with Gasteiger partial charge in [-0.1, -0.05) is 23.5 Å². The van der Waals surface area contributed by atoms with Gasteiger partial charge in [0.05, 0.1) is 10.2 Å². The quantitative estimate of drug-likeness (QED) is 0.491. The number of fused-ring (bicyclic) bond motifs is 1. The molecule has 0 N–H and O–H groups in total. The molecule has 2 aromatic heterocycles. The van der Waals surface area contributed by atoms with Crippen molar-refractivity contribution in [3.63, 3.8) is 0 Å². The summed E-state index contributed by atoms with van der Waals surface area (Å²) in [5.41, 5.74) is 1.04. The topological polar surface area (TPSA) is 73.8 Å². The summed E-state index contributed by atoms with van der Waals surface area (Å²) in [7, 11) is -3.62. The van der Waals surface area contributed by atoms with Crippen molar-refractivity contribution in [3.05, 3.63) is 35.7 Å². The maximum atomic E-state index is 13.3. The zero-order valence-corrected chi connectivity index (χ0v) is 20.9. The van der Waals surface area contributed by atoms with Crippen molar-refractivity contribution >= 4 is 65.7 Å². The van der Waals surface area contributed by atoms with E-state index >= 15 is 0 Å². The Morgan fingerprint density at radius 3 is 2.66 bits per heavy atom. The van der Waals surface area contributed by atoms with Gasteiger partial charge in [0.1, 0.15) is 10.3 Å². The highest BCUT2D eigenvalue weighted by Gasteiger charge is 2.42. The number of thioether (sulfide) groups is 1. The number of rotatable bonds is 5. The number of thiazole rings is 1. The molecular weight excluding hydrogens is 485 g/mol. The monoisotopic (exact) mass is 508 g/mol. The number of nitrogens with zero attached hydrogens (tertiary/aromatic N) is 4. The number of aromatic nitrogens is 1. The van der Waals surface area contributed by atoms with E-state index in [2.05, 4.69) is 29.4 Å². The van der Waals surface area contributed by atoms with E-state index in [0.29, 0.717) is 49.8 Å². The highest BCUT2D eigenvalue weighted by molar-refractivity contribution is 7.98. The summed E-state index contributed by atoms with van der Waals surface area (Å²) in [4.78, 5) is 23.4. The lowest BCUT2D eigenvalue weighted by Crippen LogP contribution is -2.54. The van der Waals surface area contributed by atoms with E-state index in [9.17, 15) is 13.2 Å². The maximum Gasteiger partial charge on any atom is 0.253 e. The van der Waals surface area contributed by atoms with Gasteiger partial charge in [0.2, 0.25) is 5.91 Å². The van der Waals surface area contributed by atoms with E-state index in [1.54, 1.807) is 40.6 Å². The fourth-order valence-electron chi connectivity index (χ4n) is 4.34. The van der Waals surface area contributed by atoms with Gasteiger partial charge in [-0.3, -0.25) is 4.79 Å². The van der Waals surface area contributed by atoms with Crippen LogP contribution in [0.3, 0.4) is 0 Å². The molecule has 4 heterocycles. The van der Waals surface area contributed by atoms with E-state index in [-0.39, 0.29) is 5.91 Å². The van der Waals surface area contributed by atoms with Gasteiger partial charge in [-0.2, -0.15) is 4.31 Å². The molecule has 11 heteroatoms. The third-order valence-electron chi connectivity index (χ3n) is 6.00. The number of amides is 1. The van der Waals surface area contributed by atoms with Crippen LogP contribution in [0.25, 0.3) is 10.2 Å². The lowest BCUT2D eigenvalue weighted by Gasteiger charge is -2.37. The van der Waals surface area contributed by atoms with Crippen molar-refractivity contribution in [2.45, 2.75) is 28.0 Å². The minimum atomic E-state index is -3.62. The molecule has 0 spiro atoms. The summed E-state index contributed by atoms with van der Waals surface area (Å²) in [6, 6.07) is 8.99. The molecule has 0 aliphatic carbocycles. The van der Waals surface area contributed by atoms with Crippen LogP contribution in [0.4, 0.5) is 5.13 Å². The van der Waals surface area contributed by atoms with E-state index in [4.69, 9.17) is 4.98 Å². The SMILES string of the molecule is CSc1cccc2sc(N3CCN(C(=O)C4CCCN4S(=O)(=O)c4cccs4)CC3)nc12. The lowest BCUT2D eigenvalue weighted by molar-refractivity contribution is -0.134. The Hall–Kier alpha value is -1.66. The van der Waals surface area contributed by atoms with E-state index in [0.717, 1.165) is 10.6 Å². The normalized spacial score (nSPS) is 20.3. The molecule has 1 amide bonds. The Morgan fingerprint density at radius 2 is 1.94 bits per heavy atom. The molecule has 2 saturated heterocycles. The lowest BCUT2D eigenvalue weighted by atomic mass is 10.2. The first-order chi connectivity index (χ1) is 15.5. The first-order valence-electron chi connectivity index (χ1n) is 10.5. The second-order valence-electron chi connectivity index (χ2n) is 7.82. The molecule has 3 aromatic rings. The number of para-hydroxylation sites is 1. The van der Waals surface area contributed by atoms with E-state index < -0.39 is 16.1 Å². The molecule has 170 valence electrons. The van der Waals surface area contributed by atoms with Crippen LogP contribution in [0.2, 0.25) is 0 Å². The molecule has 0 saturated carbocycles. The second-order valence-corrected chi connectivity index (χ2v) is 12.7. The predicted octanol–water partition coefficient (Wildman–Crippen LogP) is 3.58. The predicted molar refractivity (Wildman–Crippen MR) is 131 cm³/mol. The van der Waals surface area contributed by atoms with Gasteiger partial charge < -0.3 is 9.80 Å². The largest absolute Gasteiger partial charge is 0.345 e. The maximum absolute atomic E-state index is 13.3. The minimum Gasteiger partial charge on any atom is -0.345 e. The summed E-state index contributed by atoms with van der Waals surface area (Å²) >= 11 is 4.58. The van der Waals surface area contributed by atoms with Crippen molar-refractivity contribution < 1.29 is 13.2 Å². The van der Waals surface area contributed by atoms with Crippen LogP contribution in [0.15, 0.2) is 44.8 Å². The molecule has 1 unspecified atom stereocenters. The molecule has 2 aliphatic heterocycles. The van der Waals surface area contributed by atoms with Crippen molar-refractivity contribution in [1.82, 2.24) is 14.2 Å². The van der Waals surface area contributed by atoms with Crippen LogP contribution in [-0.2, 0) is 14.8 Å². The number of carbonyl (C=O) groups is 1. The molecular formula is C21H24N4O3S4. The van der Waals surface area contributed by atoms with Crippen LogP contribution in [0.1, 0.15) is 12.8 Å². The number of benzene rings is 1. The smallest absolute Gasteiger partial charge is 0.253 e. The number of thiophene rings is 1. The Morgan fingerprint density at radius 1 is 1.12 bits per heavy atom. The van der Waals surface area contributed by atoms with Gasteiger partial charge in [0.15, 0.2) is 5.13 Å². The van der Waals surface area contributed by atoms with Gasteiger partial charge >= 0.3 is 0 Å². The van der Waals surface area contributed by atoms with Crippen molar-refractivity contribution in [2.24, 2.45) is 0 Å². The van der Waals surface area contributed by atoms with Gasteiger partial charge in [-0.25, -0.2) is 13.4 Å². The fourth-order valence-corrected chi connectivity index (χ4v) is 8.78. The number of hydrogen-bond acceptors (Lipinski definition) is 8. The summed E-state index contributed by atoms with van der Waals surface area (Å²) < 4.78 is 28.9. The van der Waals surface area contributed by atoms with Gasteiger partial charge in [-0.15, -0.1) is 23.1 Å². The van der Waals surface area contributed by atoms with E-state index in [1.165, 1.54) is 25.2 Å². The summed E-state index contributed by atoms with van der Waals surface area (Å²) in [5.74, 6) is -0.0729. The number of carbonyl (C=O) groups excluding carboxylic acids is 1. The molecule has 1 atom stereocenters. The fraction of sp³-hybridized carbons (Fsp3) is 0.429. The Balaban J connectivity index is 1.27. The number of hydrogen-bond donors (Lipinski definition) is 0. The standard InChI is InChI=1S/C21H24N4O3S4/c1-29-16-6-2-7-17-19(16)22-21(31-17)24-12-10-23(11-13-24)20(26)15-5-3-9-25(15)32(27,28)18-8-4-14-30-18/h2,4,6-8,14-15H,3,5,9-13H2,1H3. The molecule has 1 aromatic carbocycles. The Bertz CT molecular complexity index is 1220. The third-order valence-corrected chi connectivity index (χ3v) is 11.1. The van der Waals surface area contributed by atoms with Gasteiger partial charge in [-0.05, 0) is 42.7 Å². The number of piperazine rings is 1. The van der Waals surface area contributed by atoms with Crippen molar-refractivity contribution in [2.75, 3.05) is 43.9 Å². The highest BCUT2D eigenvalue weighted by Crippen LogP contribution is 2.35. The minimum absolute atomic E-state index is 0.0729. The zero-order valence-electron chi connectivity index (χ0n) is 17.6. The van der Waals surface area contributed by atoms with Crippen LogP contribution < -0.4 is 4.90 Å². The Labute approximate surface area is 200 Å².